The fourth-order valence-electron chi connectivity index (χ4n) is 1.43. The Morgan fingerprint density at radius 3 is 2.67 bits per heavy atom. The van der Waals surface area contributed by atoms with Crippen LogP contribution in [-0.2, 0) is 10.5 Å². The Labute approximate surface area is 129 Å². The Kier molecular flexibility index (Phi) is 7.78. The largest absolute Gasteiger partial charge is 0.325 e. The lowest BCUT2D eigenvalue weighted by Crippen LogP contribution is -2.77. The highest BCUT2D eigenvalue weighted by Gasteiger charge is 2.07. The second-order valence-electron chi connectivity index (χ2n) is 4.49. The number of hydrogen-bond acceptors (Lipinski definition) is 4. The van der Waals surface area contributed by atoms with Gasteiger partial charge in [0, 0.05) is 17.5 Å². The van der Waals surface area contributed by atoms with Crippen molar-refractivity contribution in [2.75, 3.05) is 5.32 Å². The van der Waals surface area contributed by atoms with Crippen molar-refractivity contribution in [3.05, 3.63) is 53.1 Å². The molecule has 1 aromatic carbocycles. The van der Waals surface area contributed by atoms with Crippen LogP contribution in [0.5, 0.6) is 0 Å². The molecule has 21 heavy (non-hydrogen) atoms. The van der Waals surface area contributed by atoms with Gasteiger partial charge >= 0.3 is 0 Å². The number of rotatable bonds is 7. The number of quaternary nitrogens is 1. The predicted molar refractivity (Wildman–Crippen MR) is 86.6 cm³/mol. The van der Waals surface area contributed by atoms with E-state index in [1.807, 2.05) is 49.4 Å². The smallest absolute Gasteiger partial charge is 0.240 e. The van der Waals surface area contributed by atoms with Gasteiger partial charge in [0.1, 0.15) is 0 Å². The quantitative estimate of drug-likeness (QED) is 0.454. The molecular formula is C15H22N3O2S+. The normalized spacial score (nSPS) is 13.4. The highest BCUT2D eigenvalue weighted by molar-refractivity contribution is 8.02. The Morgan fingerprint density at radius 2 is 2.14 bits per heavy atom. The van der Waals surface area contributed by atoms with Gasteiger partial charge in [0.25, 0.3) is 0 Å². The summed E-state index contributed by atoms with van der Waals surface area (Å²) in [6.45, 7) is 3.57. The number of amides is 1. The highest BCUT2D eigenvalue weighted by atomic mass is 32.2. The first-order chi connectivity index (χ1) is 10.1. The van der Waals surface area contributed by atoms with Crippen LogP contribution in [0.15, 0.2) is 47.5 Å². The first kappa shape index (κ1) is 17.5. The predicted octanol–water partition coefficient (Wildman–Crippen LogP) is 1.58. The van der Waals surface area contributed by atoms with Gasteiger partial charge < -0.3 is 11.1 Å². The average Bonchev–Trinajstić information content (AvgIpc) is 2.49. The van der Waals surface area contributed by atoms with Gasteiger partial charge in [-0.3, -0.25) is 4.79 Å². The molecule has 1 unspecified atom stereocenters. The van der Waals surface area contributed by atoms with Crippen molar-refractivity contribution in [3.63, 3.8) is 0 Å². The standard InChI is InChI=1S/C15H21N3O2S/c1-3-4-5-14(18-20)21-10-12-6-8-13(9-7-12)17-15(19)11(2)16/h3-9,11,18,20H,10,16H2,1-2H3,(H,17,19)/p+1/b4-3-,14-5+. The van der Waals surface area contributed by atoms with Crippen LogP contribution >= 0.6 is 11.8 Å². The van der Waals surface area contributed by atoms with E-state index >= 15 is 0 Å². The fraction of sp³-hybridized carbons (Fsp3) is 0.267. The van der Waals surface area contributed by atoms with Gasteiger partial charge in [-0.15, -0.1) is 0 Å². The van der Waals surface area contributed by atoms with Crippen LogP contribution in [0.4, 0.5) is 5.69 Å². The number of benzene rings is 1. The van der Waals surface area contributed by atoms with Gasteiger partial charge in [-0.1, -0.05) is 36.0 Å². The summed E-state index contributed by atoms with van der Waals surface area (Å²) < 4.78 is 0. The van der Waals surface area contributed by atoms with Crippen molar-refractivity contribution in [3.8, 4) is 0 Å². The lowest BCUT2D eigenvalue weighted by atomic mass is 10.2. The van der Waals surface area contributed by atoms with Gasteiger partial charge in [0.2, 0.25) is 5.91 Å². The number of allylic oxidation sites excluding steroid dienone is 3. The molecule has 0 heterocycles. The molecule has 1 rings (SSSR count). The van der Waals surface area contributed by atoms with Gasteiger partial charge in [0.15, 0.2) is 5.03 Å². The summed E-state index contributed by atoms with van der Waals surface area (Å²) in [5.74, 6) is 0.533. The third-order valence-electron chi connectivity index (χ3n) is 2.62. The molecule has 0 spiro atoms. The molecule has 0 saturated heterocycles. The summed E-state index contributed by atoms with van der Waals surface area (Å²) in [5.41, 5.74) is 8.42. The molecule has 0 aromatic heterocycles. The SMILES string of the molecule is C/C=C\C=C(/[NH2+]O)SCc1ccc(NC(=O)C(C)N)cc1. The van der Waals surface area contributed by atoms with Crippen molar-refractivity contribution in [1.29, 1.82) is 0 Å². The van der Waals surface area contributed by atoms with E-state index in [4.69, 9.17) is 10.9 Å². The maximum Gasteiger partial charge on any atom is 0.240 e. The number of carbonyl (C=O) groups is 1. The molecule has 6 N–H and O–H groups in total. The summed E-state index contributed by atoms with van der Waals surface area (Å²) in [7, 11) is 0. The number of carbonyl (C=O) groups excluding carboxylic acids is 1. The van der Waals surface area contributed by atoms with Crippen LogP contribution in [-0.4, -0.2) is 17.2 Å². The molecular weight excluding hydrogens is 286 g/mol. The maximum atomic E-state index is 11.5. The third kappa shape index (κ3) is 6.59. The average molecular weight is 308 g/mol. The van der Waals surface area contributed by atoms with E-state index < -0.39 is 6.04 Å². The van der Waals surface area contributed by atoms with Crippen LogP contribution in [0.1, 0.15) is 19.4 Å². The minimum Gasteiger partial charge on any atom is -0.325 e. The lowest BCUT2D eigenvalue weighted by molar-refractivity contribution is -0.843. The van der Waals surface area contributed by atoms with Crippen LogP contribution < -0.4 is 16.5 Å². The van der Waals surface area contributed by atoms with Crippen LogP contribution in [0.2, 0.25) is 0 Å². The van der Waals surface area contributed by atoms with Crippen LogP contribution in [0.25, 0.3) is 0 Å². The summed E-state index contributed by atoms with van der Waals surface area (Å²) >= 11 is 1.54. The second kappa shape index (κ2) is 9.36. The molecule has 1 aromatic rings. The zero-order chi connectivity index (χ0) is 15.7. The minimum absolute atomic E-state index is 0.205. The molecule has 0 aliphatic rings. The highest BCUT2D eigenvalue weighted by Crippen LogP contribution is 2.18. The molecule has 0 saturated carbocycles. The number of thioether (sulfide) groups is 1. The molecule has 114 valence electrons. The number of nitrogens with two attached hydrogens (primary N) is 2. The van der Waals surface area contributed by atoms with E-state index in [1.165, 1.54) is 11.8 Å². The molecule has 0 aliphatic heterocycles. The number of anilines is 1. The maximum absolute atomic E-state index is 11.5. The molecule has 1 atom stereocenters. The molecule has 6 heteroatoms. The van der Waals surface area contributed by atoms with Gasteiger partial charge in [0.05, 0.1) is 6.04 Å². The van der Waals surface area contributed by atoms with Crippen molar-refractivity contribution >= 4 is 23.4 Å². The van der Waals surface area contributed by atoms with Crippen LogP contribution in [0, 0.1) is 0 Å². The van der Waals surface area contributed by atoms with Crippen molar-refractivity contribution in [2.45, 2.75) is 25.6 Å². The minimum atomic E-state index is -0.528. The van der Waals surface area contributed by atoms with Crippen LogP contribution in [0.3, 0.4) is 0 Å². The van der Waals surface area contributed by atoms with Gasteiger partial charge in [-0.25, -0.2) is 5.21 Å². The summed E-state index contributed by atoms with van der Waals surface area (Å²) in [5, 5.41) is 12.6. The van der Waals surface area contributed by atoms with E-state index in [-0.39, 0.29) is 5.91 Å². The second-order valence-corrected chi connectivity index (χ2v) is 5.54. The van der Waals surface area contributed by atoms with Crippen molar-refractivity contribution in [2.24, 2.45) is 5.73 Å². The molecule has 1 amide bonds. The Bertz CT molecular complexity index is 510. The van der Waals surface area contributed by atoms with E-state index in [1.54, 1.807) is 6.92 Å². The fourth-order valence-corrected chi connectivity index (χ4v) is 2.20. The monoisotopic (exact) mass is 308 g/mol. The third-order valence-corrected chi connectivity index (χ3v) is 3.67. The molecule has 0 fully saturated rings. The molecule has 0 bridgehead atoms. The topological polar surface area (TPSA) is 92.0 Å². The van der Waals surface area contributed by atoms with E-state index in [0.717, 1.165) is 27.5 Å². The first-order valence-electron chi connectivity index (χ1n) is 6.65. The zero-order valence-electron chi connectivity index (χ0n) is 12.2. The molecule has 0 aliphatic carbocycles. The van der Waals surface area contributed by atoms with Gasteiger partial charge in [-0.05, 0) is 31.5 Å². The van der Waals surface area contributed by atoms with Crippen molar-refractivity contribution < 1.29 is 15.5 Å². The Balaban J connectivity index is 2.56. The van der Waals surface area contributed by atoms with E-state index in [0.29, 0.717) is 0 Å². The summed E-state index contributed by atoms with van der Waals surface area (Å²) in [6.07, 6.45) is 5.63. The lowest BCUT2D eigenvalue weighted by Gasteiger charge is -2.08. The zero-order valence-corrected chi connectivity index (χ0v) is 13.1. The number of hydrogen-bond donors (Lipinski definition) is 4. The first-order valence-corrected chi connectivity index (χ1v) is 7.64. The van der Waals surface area contributed by atoms with Crippen molar-refractivity contribution in [1.82, 2.24) is 0 Å². The summed E-state index contributed by atoms with van der Waals surface area (Å²) in [4.78, 5) is 11.5. The summed E-state index contributed by atoms with van der Waals surface area (Å²) in [6, 6.07) is 7.03. The number of nitrogens with one attached hydrogen (secondary N) is 1. The van der Waals surface area contributed by atoms with Gasteiger partial charge in [-0.2, -0.15) is 5.48 Å². The Morgan fingerprint density at radius 1 is 1.48 bits per heavy atom. The molecule has 5 nitrogen and oxygen atoms in total. The number of hydroxylamine groups is 1. The molecule has 0 radical (unpaired) electrons. The van der Waals surface area contributed by atoms with E-state index in [2.05, 4.69) is 5.32 Å². The Hall–Kier alpha value is -1.60. The van der Waals surface area contributed by atoms with E-state index in [9.17, 15) is 4.79 Å².